The van der Waals surface area contributed by atoms with Gasteiger partial charge in [-0.15, -0.1) is 0 Å². The molecule has 0 N–H and O–H groups in total. The van der Waals surface area contributed by atoms with Gasteiger partial charge in [0.1, 0.15) is 0 Å². The molecule has 1 aromatic heterocycles. The van der Waals surface area contributed by atoms with Crippen molar-refractivity contribution < 1.29 is 18.9 Å². The molecule has 3 aliphatic rings. The molecule has 0 fully saturated rings. The molecule has 6 nitrogen and oxygen atoms in total. The first-order valence-corrected chi connectivity index (χ1v) is 11.9. The van der Waals surface area contributed by atoms with Crippen molar-refractivity contribution in [3.63, 3.8) is 0 Å². The average molecular weight is 459 g/mol. The SMILES string of the molecule is COc1ccc2c(c1OC)C(C)(C)N1CCc3cc4c(cc3C1C2Cc1ccccn1)OCO4. The lowest BCUT2D eigenvalue weighted by Gasteiger charge is -2.55. The van der Waals surface area contributed by atoms with Gasteiger partial charge in [-0.3, -0.25) is 9.88 Å². The highest BCUT2D eigenvalue weighted by molar-refractivity contribution is 5.59. The van der Waals surface area contributed by atoms with Crippen LogP contribution < -0.4 is 18.9 Å². The third kappa shape index (κ3) is 3.08. The van der Waals surface area contributed by atoms with E-state index < -0.39 is 0 Å². The van der Waals surface area contributed by atoms with Gasteiger partial charge >= 0.3 is 0 Å². The minimum absolute atomic E-state index is 0.181. The molecule has 2 unspecified atom stereocenters. The fourth-order valence-electron chi connectivity index (χ4n) is 6.26. The van der Waals surface area contributed by atoms with Gasteiger partial charge < -0.3 is 18.9 Å². The molecule has 2 aromatic carbocycles. The zero-order chi connectivity index (χ0) is 23.4. The highest BCUT2D eigenvalue weighted by Crippen LogP contribution is 2.58. The van der Waals surface area contributed by atoms with Crippen LogP contribution in [0.3, 0.4) is 0 Å². The second-order valence-electron chi connectivity index (χ2n) is 9.75. The van der Waals surface area contributed by atoms with Gasteiger partial charge in [0.15, 0.2) is 23.0 Å². The van der Waals surface area contributed by atoms with E-state index in [1.54, 1.807) is 14.2 Å². The zero-order valence-corrected chi connectivity index (χ0v) is 20.1. The zero-order valence-electron chi connectivity index (χ0n) is 20.1. The Morgan fingerprint density at radius 3 is 2.59 bits per heavy atom. The molecule has 176 valence electrons. The predicted octanol–water partition coefficient (Wildman–Crippen LogP) is 5.00. The number of hydrogen-bond acceptors (Lipinski definition) is 6. The van der Waals surface area contributed by atoms with Crippen molar-refractivity contribution in [3.05, 3.63) is 76.6 Å². The highest BCUT2D eigenvalue weighted by atomic mass is 16.7. The van der Waals surface area contributed by atoms with Gasteiger partial charge in [-0.1, -0.05) is 12.1 Å². The van der Waals surface area contributed by atoms with E-state index in [-0.39, 0.29) is 24.3 Å². The van der Waals surface area contributed by atoms with Crippen LogP contribution in [-0.2, 0) is 18.4 Å². The van der Waals surface area contributed by atoms with E-state index in [0.717, 1.165) is 48.1 Å². The summed E-state index contributed by atoms with van der Waals surface area (Å²) in [6.07, 6.45) is 3.67. The number of fused-ring (bicyclic) bond motifs is 5. The van der Waals surface area contributed by atoms with E-state index in [0.29, 0.717) is 0 Å². The molecule has 0 aliphatic carbocycles. The van der Waals surface area contributed by atoms with Crippen LogP contribution in [0.5, 0.6) is 23.0 Å². The average Bonchev–Trinajstić information content (AvgIpc) is 3.32. The number of ether oxygens (including phenoxy) is 4. The van der Waals surface area contributed by atoms with Gasteiger partial charge in [-0.25, -0.2) is 0 Å². The molecule has 34 heavy (non-hydrogen) atoms. The number of hydrogen-bond donors (Lipinski definition) is 0. The van der Waals surface area contributed by atoms with Crippen molar-refractivity contribution in [2.24, 2.45) is 0 Å². The number of aromatic nitrogens is 1. The molecule has 6 rings (SSSR count). The van der Waals surface area contributed by atoms with Crippen LogP contribution in [0.25, 0.3) is 0 Å². The molecule has 6 heteroatoms. The summed E-state index contributed by atoms with van der Waals surface area (Å²) in [7, 11) is 3.44. The minimum Gasteiger partial charge on any atom is -0.493 e. The Morgan fingerprint density at radius 1 is 1.03 bits per heavy atom. The van der Waals surface area contributed by atoms with Crippen LogP contribution in [0.4, 0.5) is 0 Å². The normalized spacial score (nSPS) is 21.9. The van der Waals surface area contributed by atoms with Gasteiger partial charge in [0.2, 0.25) is 6.79 Å². The van der Waals surface area contributed by atoms with Crippen molar-refractivity contribution in [1.29, 1.82) is 0 Å². The van der Waals surface area contributed by atoms with Crippen LogP contribution in [0, 0.1) is 0 Å². The molecule has 0 saturated carbocycles. The quantitative estimate of drug-likeness (QED) is 0.548. The second kappa shape index (κ2) is 7.91. The monoisotopic (exact) mass is 458 g/mol. The summed E-state index contributed by atoms with van der Waals surface area (Å²) in [6, 6.07) is 15.0. The Morgan fingerprint density at radius 2 is 1.85 bits per heavy atom. The molecular formula is C28H30N2O4. The number of benzene rings is 2. The van der Waals surface area contributed by atoms with E-state index in [9.17, 15) is 0 Å². The van der Waals surface area contributed by atoms with Crippen molar-refractivity contribution >= 4 is 0 Å². The van der Waals surface area contributed by atoms with E-state index in [2.05, 4.69) is 49.1 Å². The predicted molar refractivity (Wildman–Crippen MR) is 129 cm³/mol. The second-order valence-corrected chi connectivity index (χ2v) is 9.75. The Bertz CT molecular complexity index is 1240. The summed E-state index contributed by atoms with van der Waals surface area (Å²) in [4.78, 5) is 7.33. The Balaban J connectivity index is 1.59. The third-order valence-electron chi connectivity index (χ3n) is 7.75. The first-order valence-electron chi connectivity index (χ1n) is 11.9. The minimum atomic E-state index is -0.255. The number of rotatable bonds is 4. The summed E-state index contributed by atoms with van der Waals surface area (Å²) >= 11 is 0. The van der Waals surface area contributed by atoms with Crippen LogP contribution >= 0.6 is 0 Å². The van der Waals surface area contributed by atoms with Crippen molar-refractivity contribution in [3.8, 4) is 23.0 Å². The van der Waals surface area contributed by atoms with Crippen molar-refractivity contribution in [1.82, 2.24) is 9.88 Å². The largest absolute Gasteiger partial charge is 0.493 e. The van der Waals surface area contributed by atoms with Crippen molar-refractivity contribution in [2.45, 2.75) is 44.2 Å². The fourth-order valence-corrected chi connectivity index (χ4v) is 6.26. The van der Waals surface area contributed by atoms with Crippen LogP contribution in [0.1, 0.15) is 53.8 Å². The van der Waals surface area contributed by atoms with Crippen LogP contribution in [0.15, 0.2) is 48.7 Å². The molecule has 3 aromatic rings. The van der Waals surface area contributed by atoms with Gasteiger partial charge in [0.05, 0.1) is 14.2 Å². The van der Waals surface area contributed by atoms with E-state index in [4.69, 9.17) is 23.9 Å². The maximum Gasteiger partial charge on any atom is 0.231 e. The number of methoxy groups -OCH3 is 2. The first kappa shape index (κ1) is 21.3. The number of nitrogens with zero attached hydrogens (tertiary/aromatic N) is 2. The summed E-state index contributed by atoms with van der Waals surface area (Å²) in [5.41, 5.74) is 5.99. The molecular weight excluding hydrogens is 428 g/mol. The van der Waals surface area contributed by atoms with Gasteiger partial charge in [-0.2, -0.15) is 0 Å². The lowest BCUT2D eigenvalue weighted by molar-refractivity contribution is 0.0237. The molecule has 4 heterocycles. The highest BCUT2D eigenvalue weighted by Gasteiger charge is 2.50. The lowest BCUT2D eigenvalue weighted by atomic mass is 9.68. The smallest absolute Gasteiger partial charge is 0.231 e. The first-order chi connectivity index (χ1) is 16.5. The van der Waals surface area contributed by atoms with Gasteiger partial charge in [0.25, 0.3) is 0 Å². The Kier molecular flexibility index (Phi) is 4.96. The van der Waals surface area contributed by atoms with Crippen molar-refractivity contribution in [2.75, 3.05) is 27.6 Å². The molecule has 3 aliphatic heterocycles. The maximum absolute atomic E-state index is 5.97. The standard InChI is InChI=1S/C28H30N2O4/c1-28(2)25-19(8-9-22(31-3)27(25)32-4)21(14-18-7-5-6-11-29-18)26-20-15-24-23(33-16-34-24)13-17(20)10-12-30(26)28/h5-9,11,13,15,21,26H,10,12,14,16H2,1-4H3. The van der Waals surface area contributed by atoms with E-state index in [1.807, 2.05) is 18.3 Å². The molecule has 0 spiro atoms. The summed E-state index contributed by atoms with van der Waals surface area (Å²) < 4.78 is 23.2. The Labute approximate surface area is 200 Å². The van der Waals surface area contributed by atoms with Crippen LogP contribution in [-0.4, -0.2) is 37.4 Å². The van der Waals surface area contributed by atoms with Crippen LogP contribution in [0.2, 0.25) is 0 Å². The van der Waals surface area contributed by atoms with Gasteiger partial charge in [0, 0.05) is 41.5 Å². The molecule has 0 bridgehead atoms. The lowest BCUT2D eigenvalue weighted by Crippen LogP contribution is -2.53. The van der Waals surface area contributed by atoms with Gasteiger partial charge in [-0.05, 0) is 73.7 Å². The van der Waals surface area contributed by atoms with E-state index >= 15 is 0 Å². The third-order valence-corrected chi connectivity index (χ3v) is 7.75. The Hall–Kier alpha value is -3.25. The fraction of sp³-hybridized carbons (Fsp3) is 0.393. The topological polar surface area (TPSA) is 53.1 Å². The molecule has 0 amide bonds. The molecule has 0 radical (unpaired) electrons. The van der Waals surface area contributed by atoms with E-state index in [1.165, 1.54) is 22.3 Å². The summed E-state index contributed by atoms with van der Waals surface area (Å²) in [5.74, 6) is 3.48. The summed E-state index contributed by atoms with van der Waals surface area (Å²) in [5, 5.41) is 0. The molecule has 0 saturated heterocycles. The molecule has 2 atom stereocenters. The summed E-state index contributed by atoms with van der Waals surface area (Å²) in [6.45, 7) is 5.84. The maximum atomic E-state index is 5.97. The number of pyridine rings is 1.